The fourth-order valence-electron chi connectivity index (χ4n) is 2.60. The third-order valence-corrected chi connectivity index (χ3v) is 3.83. The minimum absolute atomic E-state index is 0.731. The van der Waals surface area contributed by atoms with Gasteiger partial charge in [-0.3, -0.25) is 0 Å². The molecule has 1 aliphatic heterocycles. The maximum Gasteiger partial charge on any atom is 0.227 e. The average molecular weight is 314 g/mol. The van der Waals surface area contributed by atoms with E-state index in [1.165, 1.54) is 5.56 Å². The normalized spacial score (nSPS) is 14.6. The Hall–Kier alpha value is -2.34. The van der Waals surface area contributed by atoms with E-state index in [0.717, 1.165) is 56.8 Å². The lowest BCUT2D eigenvalue weighted by Crippen LogP contribution is -2.37. The molecule has 6 nitrogen and oxygen atoms in total. The molecule has 0 radical (unpaired) electrons. The molecule has 0 bridgehead atoms. The van der Waals surface area contributed by atoms with Gasteiger partial charge in [-0.15, -0.1) is 0 Å². The van der Waals surface area contributed by atoms with E-state index < -0.39 is 0 Å². The molecular formula is C17H22N4O2. The van der Waals surface area contributed by atoms with Crippen LogP contribution in [0.2, 0.25) is 0 Å². The first-order chi connectivity index (χ1) is 11.4. The highest BCUT2D eigenvalue weighted by Crippen LogP contribution is 2.18. The number of ether oxygens (including phenoxy) is 2. The smallest absolute Gasteiger partial charge is 0.227 e. The molecule has 1 N–H and O–H groups in total. The second-order valence-electron chi connectivity index (χ2n) is 5.33. The van der Waals surface area contributed by atoms with E-state index in [2.05, 4.69) is 26.3 Å². The standard InChI is InChI=1S/C17H22N4O2/c1-22-15-5-3-2-4-14(15)6-8-18-16-7-9-19-17(20-16)21-10-12-23-13-11-21/h2-5,7,9H,6,8,10-13H2,1H3,(H,18,19,20). The summed E-state index contributed by atoms with van der Waals surface area (Å²) in [6.45, 7) is 3.93. The van der Waals surface area contributed by atoms with Crippen LogP contribution in [0, 0.1) is 0 Å². The quantitative estimate of drug-likeness (QED) is 0.880. The van der Waals surface area contributed by atoms with Gasteiger partial charge in [0.1, 0.15) is 11.6 Å². The van der Waals surface area contributed by atoms with Crippen molar-refractivity contribution in [2.45, 2.75) is 6.42 Å². The van der Waals surface area contributed by atoms with Gasteiger partial charge in [0.05, 0.1) is 20.3 Å². The molecule has 3 rings (SSSR count). The zero-order chi connectivity index (χ0) is 15.9. The number of benzene rings is 1. The largest absolute Gasteiger partial charge is 0.496 e. The van der Waals surface area contributed by atoms with Gasteiger partial charge in [-0.05, 0) is 24.1 Å². The Morgan fingerprint density at radius 2 is 2.04 bits per heavy atom. The molecule has 1 saturated heterocycles. The first-order valence-electron chi connectivity index (χ1n) is 7.88. The van der Waals surface area contributed by atoms with Gasteiger partial charge in [-0.1, -0.05) is 18.2 Å². The van der Waals surface area contributed by atoms with Crippen LogP contribution >= 0.6 is 0 Å². The van der Waals surface area contributed by atoms with Crippen LogP contribution in [0.3, 0.4) is 0 Å². The second kappa shape index (κ2) is 7.78. The molecule has 2 heterocycles. The lowest BCUT2D eigenvalue weighted by atomic mass is 10.1. The Balaban J connectivity index is 1.58. The van der Waals surface area contributed by atoms with Gasteiger partial charge in [0.2, 0.25) is 5.95 Å². The van der Waals surface area contributed by atoms with Crippen LogP contribution in [0.15, 0.2) is 36.5 Å². The van der Waals surface area contributed by atoms with Crippen molar-refractivity contribution in [3.8, 4) is 5.75 Å². The van der Waals surface area contributed by atoms with E-state index in [-0.39, 0.29) is 0 Å². The zero-order valence-corrected chi connectivity index (χ0v) is 13.4. The fourth-order valence-corrected chi connectivity index (χ4v) is 2.60. The van der Waals surface area contributed by atoms with Crippen molar-refractivity contribution in [2.24, 2.45) is 0 Å². The molecule has 0 spiro atoms. The van der Waals surface area contributed by atoms with Crippen molar-refractivity contribution in [3.05, 3.63) is 42.1 Å². The number of para-hydroxylation sites is 1. The summed E-state index contributed by atoms with van der Waals surface area (Å²) < 4.78 is 10.7. The summed E-state index contributed by atoms with van der Waals surface area (Å²) >= 11 is 0. The van der Waals surface area contributed by atoms with Gasteiger partial charge in [0.25, 0.3) is 0 Å². The molecule has 0 atom stereocenters. The molecule has 1 aliphatic rings. The average Bonchev–Trinajstić information content (AvgIpc) is 2.63. The summed E-state index contributed by atoms with van der Waals surface area (Å²) in [6.07, 6.45) is 2.67. The molecular weight excluding hydrogens is 292 g/mol. The van der Waals surface area contributed by atoms with Gasteiger partial charge < -0.3 is 19.7 Å². The Labute approximate surface area is 136 Å². The zero-order valence-electron chi connectivity index (χ0n) is 13.4. The van der Waals surface area contributed by atoms with Crippen molar-refractivity contribution in [1.82, 2.24) is 9.97 Å². The topological polar surface area (TPSA) is 59.5 Å². The van der Waals surface area contributed by atoms with Crippen molar-refractivity contribution in [1.29, 1.82) is 0 Å². The van der Waals surface area contributed by atoms with E-state index in [1.807, 2.05) is 24.3 Å². The summed E-state index contributed by atoms with van der Waals surface area (Å²) in [5.41, 5.74) is 1.19. The predicted octanol–water partition coefficient (Wildman–Crippen LogP) is 1.98. The minimum Gasteiger partial charge on any atom is -0.496 e. The van der Waals surface area contributed by atoms with E-state index in [9.17, 15) is 0 Å². The van der Waals surface area contributed by atoms with E-state index in [4.69, 9.17) is 9.47 Å². The molecule has 1 fully saturated rings. The van der Waals surface area contributed by atoms with Crippen molar-refractivity contribution in [3.63, 3.8) is 0 Å². The van der Waals surface area contributed by atoms with Gasteiger partial charge in [-0.2, -0.15) is 4.98 Å². The van der Waals surface area contributed by atoms with Gasteiger partial charge in [0, 0.05) is 25.8 Å². The monoisotopic (exact) mass is 314 g/mol. The van der Waals surface area contributed by atoms with Crippen LogP contribution in [-0.2, 0) is 11.2 Å². The number of aromatic nitrogens is 2. The van der Waals surface area contributed by atoms with Gasteiger partial charge in [-0.25, -0.2) is 4.98 Å². The predicted molar refractivity (Wildman–Crippen MR) is 90.3 cm³/mol. The lowest BCUT2D eigenvalue weighted by molar-refractivity contribution is 0.122. The van der Waals surface area contributed by atoms with Crippen LogP contribution in [0.5, 0.6) is 5.75 Å². The molecule has 1 aromatic carbocycles. The van der Waals surface area contributed by atoms with Crippen LogP contribution in [0.25, 0.3) is 0 Å². The molecule has 6 heteroatoms. The van der Waals surface area contributed by atoms with Gasteiger partial charge >= 0.3 is 0 Å². The molecule has 122 valence electrons. The Kier molecular flexibility index (Phi) is 5.26. The summed E-state index contributed by atoms with van der Waals surface area (Å²) in [5, 5.41) is 3.36. The summed E-state index contributed by atoms with van der Waals surface area (Å²) in [7, 11) is 1.70. The number of rotatable bonds is 6. The number of nitrogens with zero attached hydrogens (tertiary/aromatic N) is 3. The first-order valence-corrected chi connectivity index (χ1v) is 7.88. The Morgan fingerprint density at radius 1 is 1.22 bits per heavy atom. The molecule has 0 unspecified atom stereocenters. The molecule has 0 aliphatic carbocycles. The first kappa shape index (κ1) is 15.6. The molecule has 23 heavy (non-hydrogen) atoms. The minimum atomic E-state index is 0.731. The van der Waals surface area contributed by atoms with Crippen molar-refractivity contribution < 1.29 is 9.47 Å². The maximum absolute atomic E-state index is 5.37. The lowest BCUT2D eigenvalue weighted by Gasteiger charge is -2.26. The summed E-state index contributed by atoms with van der Waals surface area (Å²) in [6, 6.07) is 9.97. The van der Waals surface area contributed by atoms with Crippen molar-refractivity contribution >= 4 is 11.8 Å². The number of anilines is 2. The van der Waals surface area contributed by atoms with E-state index in [0.29, 0.717) is 0 Å². The number of morpholine rings is 1. The van der Waals surface area contributed by atoms with Crippen LogP contribution in [-0.4, -0.2) is 49.9 Å². The third kappa shape index (κ3) is 4.10. The van der Waals surface area contributed by atoms with Crippen LogP contribution in [0.1, 0.15) is 5.56 Å². The summed E-state index contributed by atoms with van der Waals surface area (Å²) in [4.78, 5) is 11.1. The molecule has 0 amide bonds. The number of nitrogens with one attached hydrogen (secondary N) is 1. The molecule has 0 saturated carbocycles. The highest BCUT2D eigenvalue weighted by atomic mass is 16.5. The maximum atomic E-state index is 5.37. The number of methoxy groups -OCH3 is 1. The fraction of sp³-hybridized carbons (Fsp3) is 0.412. The van der Waals surface area contributed by atoms with Crippen LogP contribution < -0.4 is 15.0 Å². The Bertz CT molecular complexity index is 629. The SMILES string of the molecule is COc1ccccc1CCNc1ccnc(N2CCOCC2)n1. The van der Waals surface area contributed by atoms with E-state index in [1.54, 1.807) is 13.3 Å². The molecule has 1 aromatic heterocycles. The number of hydrogen-bond acceptors (Lipinski definition) is 6. The highest BCUT2D eigenvalue weighted by molar-refractivity contribution is 5.42. The molecule has 2 aromatic rings. The highest BCUT2D eigenvalue weighted by Gasteiger charge is 2.13. The van der Waals surface area contributed by atoms with E-state index >= 15 is 0 Å². The number of hydrogen-bond donors (Lipinski definition) is 1. The van der Waals surface area contributed by atoms with Crippen molar-refractivity contribution in [2.75, 3.05) is 50.2 Å². The van der Waals surface area contributed by atoms with Crippen LogP contribution in [0.4, 0.5) is 11.8 Å². The second-order valence-corrected chi connectivity index (χ2v) is 5.33. The summed E-state index contributed by atoms with van der Waals surface area (Å²) in [5.74, 6) is 2.53. The van der Waals surface area contributed by atoms with Gasteiger partial charge in [0.15, 0.2) is 0 Å². The Morgan fingerprint density at radius 3 is 2.87 bits per heavy atom. The third-order valence-electron chi connectivity index (χ3n) is 3.83.